The van der Waals surface area contributed by atoms with Crippen molar-refractivity contribution in [3.8, 4) is 17.0 Å². The molecule has 6 nitrogen and oxygen atoms in total. The Balaban J connectivity index is 1.26. The first-order valence-electron chi connectivity index (χ1n) is 10.9. The second-order valence-corrected chi connectivity index (χ2v) is 11.3. The zero-order valence-corrected chi connectivity index (χ0v) is 21.2. The maximum Gasteiger partial charge on any atom is 0.306 e. The second kappa shape index (κ2) is 10.5. The van der Waals surface area contributed by atoms with Gasteiger partial charge in [0.2, 0.25) is 0 Å². The monoisotopic (exact) mass is 505 g/mol. The molecule has 0 amide bonds. The molecule has 0 bridgehead atoms. The van der Waals surface area contributed by atoms with Crippen LogP contribution < -0.4 is 4.18 Å². The fraction of sp³-hybridized carbons (Fsp3) is 0.375. The quantitative estimate of drug-likeness (QED) is 0.252. The lowest BCUT2D eigenvalue weighted by molar-refractivity contribution is 0.289. The van der Waals surface area contributed by atoms with E-state index in [1.165, 1.54) is 11.1 Å². The molecule has 176 valence electrons. The highest BCUT2D eigenvalue weighted by Gasteiger charge is 2.16. The van der Waals surface area contributed by atoms with Crippen LogP contribution in [0.15, 0.2) is 53.8 Å². The number of hydrogen-bond acceptors (Lipinski definition) is 6. The molecule has 0 N–H and O–H groups in total. The van der Waals surface area contributed by atoms with E-state index in [0.29, 0.717) is 5.75 Å². The Morgan fingerprint density at radius 2 is 1.82 bits per heavy atom. The van der Waals surface area contributed by atoms with Crippen LogP contribution in [-0.2, 0) is 30.0 Å². The van der Waals surface area contributed by atoms with Gasteiger partial charge in [-0.25, -0.2) is 4.98 Å². The summed E-state index contributed by atoms with van der Waals surface area (Å²) in [5.74, 6) is 1.40. The van der Waals surface area contributed by atoms with Gasteiger partial charge in [-0.05, 0) is 66.8 Å². The van der Waals surface area contributed by atoms with Crippen LogP contribution in [-0.4, -0.2) is 54.5 Å². The van der Waals surface area contributed by atoms with Crippen molar-refractivity contribution in [3.05, 3.63) is 64.8 Å². The summed E-state index contributed by atoms with van der Waals surface area (Å²) in [7, 11) is -1.46. The number of benzene rings is 2. The number of thioether (sulfide) groups is 1. The lowest BCUT2D eigenvalue weighted by Crippen LogP contribution is -2.27. The van der Waals surface area contributed by atoms with Crippen molar-refractivity contribution in [2.45, 2.75) is 24.4 Å². The summed E-state index contributed by atoms with van der Waals surface area (Å²) in [6, 6.07) is 13.4. The summed E-state index contributed by atoms with van der Waals surface area (Å²) in [6.07, 6.45) is 5.92. The van der Waals surface area contributed by atoms with Crippen molar-refractivity contribution in [2.75, 3.05) is 31.6 Å². The molecule has 3 aromatic rings. The highest BCUT2D eigenvalue weighted by atomic mass is 35.5. The fourth-order valence-electron chi connectivity index (χ4n) is 4.07. The minimum absolute atomic E-state index is 0.397. The van der Waals surface area contributed by atoms with E-state index in [9.17, 15) is 8.42 Å². The Morgan fingerprint density at radius 3 is 2.55 bits per heavy atom. The van der Waals surface area contributed by atoms with Crippen molar-refractivity contribution < 1.29 is 12.6 Å². The Kier molecular flexibility index (Phi) is 7.69. The number of fused-ring (bicyclic) bond motifs is 1. The minimum Gasteiger partial charge on any atom is -0.383 e. The van der Waals surface area contributed by atoms with Crippen LogP contribution in [0.5, 0.6) is 5.75 Å². The van der Waals surface area contributed by atoms with Crippen LogP contribution in [0.2, 0.25) is 5.02 Å². The summed E-state index contributed by atoms with van der Waals surface area (Å²) in [4.78, 5) is 7.08. The van der Waals surface area contributed by atoms with E-state index in [0.717, 1.165) is 72.3 Å². The molecule has 0 saturated heterocycles. The molecule has 9 heteroatoms. The highest BCUT2D eigenvalue weighted by Crippen LogP contribution is 2.27. The summed E-state index contributed by atoms with van der Waals surface area (Å²) in [5.41, 5.74) is 4.64. The largest absolute Gasteiger partial charge is 0.383 e. The molecule has 0 unspecified atom stereocenters. The number of rotatable bonds is 8. The van der Waals surface area contributed by atoms with E-state index in [1.54, 1.807) is 17.8 Å². The number of hydrogen-bond donors (Lipinski definition) is 0. The molecular weight excluding hydrogens is 478 g/mol. The van der Waals surface area contributed by atoms with Gasteiger partial charge in [0.15, 0.2) is 5.16 Å². The maximum absolute atomic E-state index is 11.4. The van der Waals surface area contributed by atoms with Crippen LogP contribution in [0.3, 0.4) is 0 Å². The van der Waals surface area contributed by atoms with E-state index < -0.39 is 10.1 Å². The van der Waals surface area contributed by atoms with Crippen molar-refractivity contribution in [2.24, 2.45) is 7.05 Å². The third-order valence-electron chi connectivity index (χ3n) is 5.76. The van der Waals surface area contributed by atoms with Gasteiger partial charge in [0.05, 0.1) is 18.1 Å². The summed E-state index contributed by atoms with van der Waals surface area (Å²) < 4.78 is 30.0. The Morgan fingerprint density at radius 1 is 1.09 bits per heavy atom. The van der Waals surface area contributed by atoms with E-state index in [-0.39, 0.29) is 0 Å². The first-order valence-corrected chi connectivity index (χ1v) is 14.1. The van der Waals surface area contributed by atoms with Crippen molar-refractivity contribution in [1.29, 1.82) is 0 Å². The molecule has 4 rings (SSSR count). The zero-order valence-electron chi connectivity index (χ0n) is 18.8. The minimum atomic E-state index is -3.51. The molecule has 0 saturated carbocycles. The third kappa shape index (κ3) is 6.53. The molecule has 2 heterocycles. The molecular formula is C24H28ClN3O3S2. The van der Waals surface area contributed by atoms with E-state index in [1.807, 2.05) is 49.6 Å². The SMILES string of the molecule is Cn1c(-c2ccc(Cl)cc2)cnc1SCCCN1CCc2ccc(OS(C)(=O)=O)cc2CC1. The van der Waals surface area contributed by atoms with Crippen LogP contribution in [0.4, 0.5) is 0 Å². The number of halogens is 1. The van der Waals surface area contributed by atoms with Gasteiger partial charge >= 0.3 is 10.1 Å². The predicted octanol–water partition coefficient (Wildman–Crippen LogP) is 4.66. The van der Waals surface area contributed by atoms with Crippen molar-refractivity contribution in [1.82, 2.24) is 14.5 Å². The molecule has 2 aromatic carbocycles. The van der Waals surface area contributed by atoms with Gasteiger partial charge in [0.25, 0.3) is 0 Å². The van der Waals surface area contributed by atoms with Crippen LogP contribution in [0.25, 0.3) is 11.3 Å². The van der Waals surface area contributed by atoms with Crippen LogP contribution >= 0.6 is 23.4 Å². The van der Waals surface area contributed by atoms with Gasteiger partial charge in [-0.3, -0.25) is 0 Å². The second-order valence-electron chi connectivity index (χ2n) is 8.25. The molecule has 0 radical (unpaired) electrons. The number of nitrogens with zero attached hydrogens (tertiary/aromatic N) is 3. The summed E-state index contributed by atoms with van der Waals surface area (Å²) >= 11 is 7.78. The summed E-state index contributed by atoms with van der Waals surface area (Å²) in [6.45, 7) is 3.00. The smallest absolute Gasteiger partial charge is 0.306 e. The first kappa shape index (κ1) is 24.1. The van der Waals surface area contributed by atoms with Gasteiger partial charge in [0.1, 0.15) is 5.75 Å². The molecule has 33 heavy (non-hydrogen) atoms. The normalized spacial score (nSPS) is 14.6. The van der Waals surface area contributed by atoms with Crippen LogP contribution in [0.1, 0.15) is 17.5 Å². The number of aromatic nitrogens is 2. The van der Waals surface area contributed by atoms with Gasteiger partial charge < -0.3 is 13.7 Å². The average Bonchev–Trinajstić information content (AvgIpc) is 3.00. The van der Waals surface area contributed by atoms with Gasteiger partial charge in [-0.1, -0.05) is 41.6 Å². The van der Waals surface area contributed by atoms with Gasteiger partial charge in [-0.15, -0.1) is 0 Å². The molecule has 1 aliphatic heterocycles. The average molecular weight is 506 g/mol. The van der Waals surface area contributed by atoms with E-state index in [4.69, 9.17) is 15.8 Å². The predicted molar refractivity (Wildman–Crippen MR) is 135 cm³/mol. The molecule has 0 spiro atoms. The van der Waals surface area contributed by atoms with E-state index in [2.05, 4.69) is 14.5 Å². The highest BCUT2D eigenvalue weighted by molar-refractivity contribution is 7.99. The zero-order chi connectivity index (χ0) is 23.4. The first-order chi connectivity index (χ1) is 15.8. The van der Waals surface area contributed by atoms with E-state index >= 15 is 0 Å². The molecule has 0 aliphatic carbocycles. The third-order valence-corrected chi connectivity index (χ3v) is 7.63. The van der Waals surface area contributed by atoms with Crippen molar-refractivity contribution in [3.63, 3.8) is 0 Å². The van der Waals surface area contributed by atoms with Crippen LogP contribution in [0, 0.1) is 0 Å². The molecule has 0 fully saturated rings. The Bertz CT molecular complexity index is 1210. The standard InChI is InChI=1S/C24H28ClN3O3S2/c1-27-23(19-4-7-21(25)8-5-19)17-26-24(27)32-15-3-12-28-13-10-18-6-9-22(31-33(2,29)30)16-20(18)11-14-28/h4-9,16-17H,3,10-15H2,1-2H3. The van der Waals surface area contributed by atoms with Gasteiger partial charge in [-0.2, -0.15) is 8.42 Å². The van der Waals surface area contributed by atoms with Gasteiger partial charge in [0, 0.05) is 30.9 Å². The topological polar surface area (TPSA) is 64.4 Å². The van der Waals surface area contributed by atoms with Crippen molar-refractivity contribution >= 4 is 33.5 Å². The lowest BCUT2D eigenvalue weighted by Gasteiger charge is -2.19. The maximum atomic E-state index is 11.4. The Labute approximate surface area is 205 Å². The number of imidazole rings is 1. The molecule has 1 aliphatic rings. The summed E-state index contributed by atoms with van der Waals surface area (Å²) in [5, 5.41) is 1.75. The fourth-order valence-corrected chi connectivity index (χ4v) is 5.52. The lowest BCUT2D eigenvalue weighted by atomic mass is 10.0. The molecule has 0 atom stereocenters. The molecule has 1 aromatic heterocycles. The Hall–Kier alpha value is -2.00.